The SMILES string of the molecule is C#CCNCc1ccccc1OC(F)(F)F. The fourth-order valence-corrected chi connectivity index (χ4v) is 1.14. The van der Waals surface area contributed by atoms with Crippen molar-refractivity contribution in [1.82, 2.24) is 5.32 Å². The molecule has 1 aromatic carbocycles. The highest BCUT2D eigenvalue weighted by molar-refractivity contribution is 5.33. The molecule has 0 bridgehead atoms. The minimum absolute atomic E-state index is 0.209. The van der Waals surface area contributed by atoms with Gasteiger partial charge < -0.3 is 10.1 Å². The highest BCUT2D eigenvalue weighted by Gasteiger charge is 2.31. The zero-order valence-electron chi connectivity index (χ0n) is 8.34. The second kappa shape index (κ2) is 5.42. The predicted molar refractivity (Wildman–Crippen MR) is 53.7 cm³/mol. The summed E-state index contributed by atoms with van der Waals surface area (Å²) in [5.74, 6) is 2.12. The van der Waals surface area contributed by atoms with E-state index in [2.05, 4.69) is 16.0 Å². The Labute approximate surface area is 91.4 Å². The Kier molecular flexibility index (Phi) is 4.20. The van der Waals surface area contributed by atoms with Crippen LogP contribution in [0.2, 0.25) is 0 Å². The number of para-hydroxylation sites is 1. The summed E-state index contributed by atoms with van der Waals surface area (Å²) in [6.07, 6.45) is 0.330. The number of hydrogen-bond donors (Lipinski definition) is 1. The van der Waals surface area contributed by atoms with Gasteiger partial charge in [-0.05, 0) is 6.07 Å². The van der Waals surface area contributed by atoms with Crippen LogP contribution in [0.1, 0.15) is 5.56 Å². The van der Waals surface area contributed by atoms with Crippen LogP contribution < -0.4 is 10.1 Å². The van der Waals surface area contributed by atoms with Crippen LogP contribution in [0.3, 0.4) is 0 Å². The Morgan fingerprint density at radius 3 is 2.62 bits per heavy atom. The van der Waals surface area contributed by atoms with Crippen molar-refractivity contribution in [3.63, 3.8) is 0 Å². The van der Waals surface area contributed by atoms with Crippen molar-refractivity contribution in [3.8, 4) is 18.1 Å². The molecule has 0 amide bonds. The van der Waals surface area contributed by atoms with Crippen molar-refractivity contribution in [3.05, 3.63) is 29.8 Å². The molecule has 0 aliphatic heterocycles. The van der Waals surface area contributed by atoms with Crippen molar-refractivity contribution in [1.29, 1.82) is 0 Å². The molecule has 16 heavy (non-hydrogen) atoms. The van der Waals surface area contributed by atoms with Crippen LogP contribution in [-0.4, -0.2) is 12.9 Å². The minimum Gasteiger partial charge on any atom is -0.405 e. The lowest BCUT2D eigenvalue weighted by Crippen LogP contribution is -2.20. The van der Waals surface area contributed by atoms with E-state index in [1.807, 2.05) is 0 Å². The van der Waals surface area contributed by atoms with E-state index < -0.39 is 6.36 Å². The topological polar surface area (TPSA) is 21.3 Å². The molecular weight excluding hydrogens is 219 g/mol. The highest BCUT2D eigenvalue weighted by atomic mass is 19.4. The summed E-state index contributed by atoms with van der Waals surface area (Å²) < 4.78 is 40.0. The number of alkyl halides is 3. The lowest BCUT2D eigenvalue weighted by Gasteiger charge is -2.12. The van der Waals surface area contributed by atoms with E-state index in [1.165, 1.54) is 12.1 Å². The Morgan fingerprint density at radius 1 is 1.31 bits per heavy atom. The normalized spacial score (nSPS) is 10.9. The summed E-state index contributed by atoms with van der Waals surface area (Å²) in [6, 6.07) is 5.92. The van der Waals surface area contributed by atoms with Gasteiger partial charge in [0.1, 0.15) is 5.75 Å². The maximum atomic E-state index is 12.0. The fraction of sp³-hybridized carbons (Fsp3) is 0.273. The van der Waals surface area contributed by atoms with Crippen LogP contribution in [0.4, 0.5) is 13.2 Å². The van der Waals surface area contributed by atoms with Gasteiger partial charge in [0, 0.05) is 12.1 Å². The molecule has 1 rings (SSSR count). The highest BCUT2D eigenvalue weighted by Crippen LogP contribution is 2.25. The Hall–Kier alpha value is -1.67. The molecule has 0 saturated carbocycles. The van der Waals surface area contributed by atoms with Crippen LogP contribution in [0.5, 0.6) is 5.75 Å². The molecule has 0 saturated heterocycles. The molecule has 0 heterocycles. The van der Waals surface area contributed by atoms with Crippen molar-refractivity contribution in [2.75, 3.05) is 6.54 Å². The number of benzene rings is 1. The van der Waals surface area contributed by atoms with Crippen LogP contribution in [0.25, 0.3) is 0 Å². The molecule has 86 valence electrons. The molecule has 0 unspecified atom stereocenters. The van der Waals surface area contributed by atoms with E-state index in [0.717, 1.165) is 0 Å². The van der Waals surface area contributed by atoms with Crippen LogP contribution in [0.15, 0.2) is 24.3 Å². The number of terminal acetylenes is 1. The first-order valence-corrected chi connectivity index (χ1v) is 4.51. The molecule has 0 fully saturated rings. The van der Waals surface area contributed by atoms with Gasteiger partial charge in [-0.1, -0.05) is 24.1 Å². The van der Waals surface area contributed by atoms with Crippen LogP contribution in [0, 0.1) is 12.3 Å². The lowest BCUT2D eigenvalue weighted by atomic mass is 10.2. The van der Waals surface area contributed by atoms with E-state index in [9.17, 15) is 13.2 Å². The van der Waals surface area contributed by atoms with Gasteiger partial charge in [0.05, 0.1) is 6.54 Å². The summed E-state index contributed by atoms with van der Waals surface area (Å²) >= 11 is 0. The quantitative estimate of drug-likeness (QED) is 0.632. The van der Waals surface area contributed by atoms with Crippen LogP contribution in [-0.2, 0) is 6.54 Å². The van der Waals surface area contributed by atoms with E-state index >= 15 is 0 Å². The van der Waals surface area contributed by atoms with Crippen LogP contribution >= 0.6 is 0 Å². The molecule has 2 nitrogen and oxygen atoms in total. The van der Waals surface area contributed by atoms with Gasteiger partial charge in [-0.3, -0.25) is 0 Å². The van der Waals surface area contributed by atoms with Gasteiger partial charge in [0.15, 0.2) is 0 Å². The van der Waals surface area contributed by atoms with E-state index in [-0.39, 0.29) is 12.3 Å². The fourth-order valence-electron chi connectivity index (χ4n) is 1.14. The lowest BCUT2D eigenvalue weighted by molar-refractivity contribution is -0.274. The zero-order valence-corrected chi connectivity index (χ0v) is 8.34. The molecule has 0 aromatic heterocycles. The Balaban J connectivity index is 2.72. The number of halogens is 3. The number of ether oxygens (including phenoxy) is 1. The first kappa shape index (κ1) is 12.4. The Morgan fingerprint density at radius 2 is 2.00 bits per heavy atom. The predicted octanol–water partition coefficient (Wildman–Crippen LogP) is 2.31. The van der Waals surface area contributed by atoms with Gasteiger partial charge in [-0.25, -0.2) is 0 Å². The smallest absolute Gasteiger partial charge is 0.405 e. The van der Waals surface area contributed by atoms with Gasteiger partial charge in [-0.2, -0.15) is 0 Å². The summed E-state index contributed by atoms with van der Waals surface area (Å²) in [6.45, 7) is 0.525. The second-order valence-corrected chi connectivity index (χ2v) is 2.96. The van der Waals surface area contributed by atoms with Gasteiger partial charge in [0.25, 0.3) is 0 Å². The average Bonchev–Trinajstić information content (AvgIpc) is 2.19. The van der Waals surface area contributed by atoms with E-state index in [1.54, 1.807) is 12.1 Å². The third kappa shape index (κ3) is 4.24. The van der Waals surface area contributed by atoms with Gasteiger partial charge in [-0.15, -0.1) is 19.6 Å². The molecule has 0 atom stereocenters. The molecule has 1 aromatic rings. The largest absolute Gasteiger partial charge is 0.573 e. The van der Waals surface area contributed by atoms with Crippen molar-refractivity contribution in [2.45, 2.75) is 12.9 Å². The maximum absolute atomic E-state index is 12.0. The molecule has 1 N–H and O–H groups in total. The second-order valence-electron chi connectivity index (χ2n) is 2.96. The number of nitrogens with one attached hydrogen (secondary N) is 1. The molecule has 0 aliphatic rings. The minimum atomic E-state index is -4.68. The monoisotopic (exact) mass is 229 g/mol. The van der Waals surface area contributed by atoms with E-state index in [0.29, 0.717) is 12.1 Å². The molecule has 0 aliphatic carbocycles. The maximum Gasteiger partial charge on any atom is 0.573 e. The molecule has 0 spiro atoms. The Bertz CT molecular complexity index is 382. The zero-order chi connectivity index (χ0) is 12.0. The van der Waals surface area contributed by atoms with E-state index in [4.69, 9.17) is 6.42 Å². The first-order valence-electron chi connectivity index (χ1n) is 4.51. The third-order valence-corrected chi connectivity index (χ3v) is 1.74. The number of hydrogen-bond acceptors (Lipinski definition) is 2. The molecule has 0 radical (unpaired) electrons. The standard InChI is InChI=1S/C11H10F3NO/c1-2-7-15-8-9-5-3-4-6-10(9)16-11(12,13)14/h1,3-6,15H,7-8H2. The number of rotatable bonds is 4. The third-order valence-electron chi connectivity index (χ3n) is 1.74. The summed E-state index contributed by atoms with van der Waals surface area (Å²) in [5, 5.41) is 2.79. The molecular formula is C11H10F3NO. The van der Waals surface area contributed by atoms with Gasteiger partial charge >= 0.3 is 6.36 Å². The first-order chi connectivity index (χ1) is 7.53. The summed E-state index contributed by atoms with van der Waals surface area (Å²) in [5.41, 5.74) is 0.412. The summed E-state index contributed by atoms with van der Waals surface area (Å²) in [4.78, 5) is 0. The van der Waals surface area contributed by atoms with Crippen molar-refractivity contribution >= 4 is 0 Å². The van der Waals surface area contributed by atoms with Gasteiger partial charge in [0.2, 0.25) is 0 Å². The van der Waals surface area contributed by atoms with Crippen molar-refractivity contribution in [2.24, 2.45) is 0 Å². The summed E-state index contributed by atoms with van der Waals surface area (Å²) in [7, 11) is 0. The average molecular weight is 229 g/mol. The molecule has 5 heteroatoms. The van der Waals surface area contributed by atoms with Crippen molar-refractivity contribution < 1.29 is 17.9 Å².